The number of hydrogen-bond acceptors (Lipinski definition) is 3. The number of benzene rings is 2. The number of alkyl halides is 3. The monoisotopic (exact) mass is 386 g/mol. The first-order valence-corrected chi connectivity index (χ1v) is 8.20. The first-order valence-electron chi connectivity index (χ1n) is 7.00. The van der Waals surface area contributed by atoms with E-state index in [0.29, 0.717) is 15.5 Å². The maximum atomic E-state index is 13.1. The van der Waals surface area contributed by atoms with Gasteiger partial charge < -0.3 is 9.84 Å². The molecule has 1 aliphatic heterocycles. The lowest BCUT2D eigenvalue weighted by molar-refractivity contribution is -0.187. The van der Waals surface area contributed by atoms with Crippen molar-refractivity contribution in [2.24, 2.45) is 0 Å². The molecule has 1 atom stereocenters. The molecular weight excluding hydrogens is 377 g/mol. The summed E-state index contributed by atoms with van der Waals surface area (Å²) < 4.78 is 44.2. The smallest absolute Gasteiger partial charge is 0.430 e. The largest absolute Gasteiger partial charge is 0.478 e. The second kappa shape index (κ2) is 6.65. The summed E-state index contributed by atoms with van der Waals surface area (Å²) in [7, 11) is 0. The number of ether oxygens (including phenoxy) is 1. The van der Waals surface area contributed by atoms with Crippen LogP contribution in [0.5, 0.6) is 5.75 Å². The normalized spacial score (nSPS) is 16.6. The number of carboxylic acid groups (broad SMARTS) is 1. The van der Waals surface area contributed by atoms with E-state index in [1.807, 2.05) is 0 Å². The Morgan fingerprint density at radius 3 is 2.44 bits per heavy atom. The third-order valence-electron chi connectivity index (χ3n) is 3.44. The van der Waals surface area contributed by atoms with Gasteiger partial charge in [-0.15, -0.1) is 0 Å². The Labute approximate surface area is 150 Å². The van der Waals surface area contributed by atoms with Crippen LogP contribution in [0.2, 0.25) is 5.02 Å². The molecule has 1 aliphatic rings. The third-order valence-corrected chi connectivity index (χ3v) is 4.77. The molecule has 0 aromatic heterocycles. The van der Waals surface area contributed by atoms with Crippen molar-refractivity contribution in [3.8, 4) is 5.75 Å². The van der Waals surface area contributed by atoms with Gasteiger partial charge in [0.1, 0.15) is 5.75 Å². The van der Waals surface area contributed by atoms with Crippen molar-refractivity contribution in [3.63, 3.8) is 0 Å². The van der Waals surface area contributed by atoms with Crippen LogP contribution in [0.1, 0.15) is 5.56 Å². The standard InChI is InChI=1S/C17H10ClF3O3S/c18-9-4-6-10(7-5-9)25-14-3-1-2-13-11(14)8-12(16(22)23)15(24-13)17(19,20)21/h1-8,15H,(H,22,23). The highest BCUT2D eigenvalue weighted by Gasteiger charge is 2.48. The number of carbonyl (C=O) groups is 1. The summed E-state index contributed by atoms with van der Waals surface area (Å²) in [6, 6.07) is 11.5. The van der Waals surface area contributed by atoms with Gasteiger partial charge in [0, 0.05) is 20.4 Å². The van der Waals surface area contributed by atoms with Crippen LogP contribution in [0.4, 0.5) is 13.2 Å². The molecule has 0 spiro atoms. The summed E-state index contributed by atoms with van der Waals surface area (Å²) in [5, 5.41) is 9.70. The third kappa shape index (κ3) is 3.77. The maximum Gasteiger partial charge on any atom is 0.430 e. The van der Waals surface area contributed by atoms with Gasteiger partial charge in [-0.1, -0.05) is 29.4 Å². The lowest BCUT2D eigenvalue weighted by atomic mass is 10.0. The molecule has 25 heavy (non-hydrogen) atoms. The van der Waals surface area contributed by atoms with E-state index < -0.39 is 23.8 Å². The van der Waals surface area contributed by atoms with Gasteiger partial charge in [-0.25, -0.2) is 4.79 Å². The van der Waals surface area contributed by atoms with E-state index in [9.17, 15) is 18.0 Å². The Balaban J connectivity index is 2.03. The Kier molecular flexibility index (Phi) is 4.71. The van der Waals surface area contributed by atoms with Gasteiger partial charge in [-0.3, -0.25) is 0 Å². The Hall–Kier alpha value is -2.12. The zero-order chi connectivity index (χ0) is 18.2. The van der Waals surface area contributed by atoms with Crippen molar-refractivity contribution >= 4 is 35.4 Å². The fourth-order valence-corrected chi connectivity index (χ4v) is 3.39. The number of hydrogen-bond donors (Lipinski definition) is 1. The number of rotatable bonds is 3. The number of fused-ring (bicyclic) bond motifs is 1. The molecule has 1 N–H and O–H groups in total. The molecule has 0 radical (unpaired) electrons. The molecular formula is C17H10ClF3O3S. The predicted octanol–water partition coefficient (Wildman–Crippen LogP) is 5.28. The van der Waals surface area contributed by atoms with E-state index in [2.05, 4.69) is 0 Å². The first-order chi connectivity index (χ1) is 11.8. The van der Waals surface area contributed by atoms with Gasteiger partial charge in [0.2, 0.25) is 6.10 Å². The zero-order valence-electron chi connectivity index (χ0n) is 12.4. The van der Waals surface area contributed by atoms with Crippen molar-refractivity contribution in [1.29, 1.82) is 0 Å². The van der Waals surface area contributed by atoms with Gasteiger partial charge in [0.05, 0.1) is 5.57 Å². The van der Waals surface area contributed by atoms with E-state index in [0.717, 1.165) is 11.0 Å². The van der Waals surface area contributed by atoms with E-state index >= 15 is 0 Å². The molecule has 3 rings (SSSR count). The van der Waals surface area contributed by atoms with Crippen molar-refractivity contribution in [3.05, 3.63) is 58.6 Å². The Bertz CT molecular complexity index is 847. The second-order valence-corrected chi connectivity index (χ2v) is 6.72. The quantitative estimate of drug-likeness (QED) is 0.779. The van der Waals surface area contributed by atoms with Crippen molar-refractivity contribution < 1.29 is 27.8 Å². The molecule has 130 valence electrons. The van der Waals surface area contributed by atoms with Crippen LogP contribution in [-0.4, -0.2) is 23.4 Å². The molecule has 0 saturated carbocycles. The van der Waals surface area contributed by atoms with E-state index in [-0.39, 0.29) is 5.75 Å². The minimum absolute atomic E-state index is 0.00807. The summed E-state index contributed by atoms with van der Waals surface area (Å²) in [6.45, 7) is 0. The second-order valence-electron chi connectivity index (χ2n) is 5.17. The predicted molar refractivity (Wildman–Crippen MR) is 88.1 cm³/mol. The van der Waals surface area contributed by atoms with Crippen molar-refractivity contribution in [2.45, 2.75) is 22.1 Å². The van der Waals surface area contributed by atoms with Crippen molar-refractivity contribution in [2.75, 3.05) is 0 Å². The summed E-state index contributed by atoms with van der Waals surface area (Å²) in [5.74, 6) is -1.68. The van der Waals surface area contributed by atoms with Crippen LogP contribution >= 0.6 is 23.4 Å². The zero-order valence-corrected chi connectivity index (χ0v) is 14.0. The lowest BCUT2D eigenvalue weighted by Crippen LogP contribution is -2.40. The highest BCUT2D eigenvalue weighted by Crippen LogP contribution is 2.42. The Morgan fingerprint density at radius 2 is 1.84 bits per heavy atom. The summed E-state index contributed by atoms with van der Waals surface area (Å²) in [6.07, 6.45) is -6.29. The number of carboxylic acids is 1. The minimum atomic E-state index is -4.82. The molecule has 0 bridgehead atoms. The van der Waals surface area contributed by atoms with Crippen molar-refractivity contribution in [1.82, 2.24) is 0 Å². The number of aliphatic carboxylic acids is 1. The Morgan fingerprint density at radius 1 is 1.16 bits per heavy atom. The molecule has 1 unspecified atom stereocenters. The molecule has 1 heterocycles. The molecule has 0 amide bonds. The van der Waals surface area contributed by atoms with E-state index in [4.69, 9.17) is 21.4 Å². The fourth-order valence-electron chi connectivity index (χ4n) is 2.33. The highest BCUT2D eigenvalue weighted by molar-refractivity contribution is 7.99. The van der Waals surface area contributed by atoms with Crippen LogP contribution < -0.4 is 4.74 Å². The maximum absolute atomic E-state index is 13.1. The molecule has 8 heteroatoms. The van der Waals surface area contributed by atoms with Crippen LogP contribution in [0.3, 0.4) is 0 Å². The highest BCUT2D eigenvalue weighted by atomic mass is 35.5. The summed E-state index contributed by atoms with van der Waals surface area (Å²) in [5.41, 5.74) is -0.537. The molecule has 2 aromatic carbocycles. The lowest BCUT2D eigenvalue weighted by Gasteiger charge is -2.27. The van der Waals surface area contributed by atoms with Gasteiger partial charge in [0.25, 0.3) is 0 Å². The van der Waals surface area contributed by atoms with E-state index in [1.54, 1.807) is 36.4 Å². The average Bonchev–Trinajstić information content (AvgIpc) is 2.55. The van der Waals surface area contributed by atoms with Crippen LogP contribution in [0.25, 0.3) is 6.08 Å². The van der Waals surface area contributed by atoms with Gasteiger partial charge in [0.15, 0.2) is 0 Å². The topological polar surface area (TPSA) is 46.5 Å². The van der Waals surface area contributed by atoms with Crippen LogP contribution in [0.15, 0.2) is 57.8 Å². The van der Waals surface area contributed by atoms with Crippen LogP contribution in [0, 0.1) is 0 Å². The van der Waals surface area contributed by atoms with Gasteiger partial charge >= 0.3 is 12.1 Å². The minimum Gasteiger partial charge on any atom is -0.478 e. The molecule has 0 aliphatic carbocycles. The fraction of sp³-hybridized carbons (Fsp3) is 0.118. The van der Waals surface area contributed by atoms with Gasteiger partial charge in [-0.2, -0.15) is 13.2 Å². The molecule has 3 nitrogen and oxygen atoms in total. The molecule has 0 saturated heterocycles. The molecule has 0 fully saturated rings. The molecule has 2 aromatic rings. The summed E-state index contributed by atoms with van der Waals surface area (Å²) in [4.78, 5) is 12.6. The number of halogens is 4. The van der Waals surface area contributed by atoms with E-state index in [1.165, 1.54) is 17.8 Å². The average molecular weight is 387 g/mol. The first kappa shape index (κ1) is 17.7. The van der Waals surface area contributed by atoms with Gasteiger partial charge in [-0.05, 0) is 42.5 Å². The SMILES string of the molecule is O=C(O)C1=Cc2c(cccc2Sc2ccc(Cl)cc2)OC1C(F)(F)F. The van der Waals surface area contributed by atoms with Crippen LogP contribution in [-0.2, 0) is 4.79 Å². The summed E-state index contributed by atoms with van der Waals surface area (Å²) >= 11 is 7.11.